The number of aliphatic carboxylic acids is 1. The van der Waals surface area contributed by atoms with Crippen LogP contribution in [0.4, 0.5) is 13.6 Å². The minimum atomic E-state index is -3.08. The van der Waals surface area contributed by atoms with Crippen LogP contribution in [-0.4, -0.2) is 30.3 Å². The Morgan fingerprint density at radius 3 is 2.55 bits per heavy atom. The zero-order valence-corrected chi connectivity index (χ0v) is 12.5. The second-order valence-electron chi connectivity index (χ2n) is 4.01. The van der Waals surface area contributed by atoms with E-state index in [0.29, 0.717) is 0 Å². The molecule has 3 N–H and O–H groups in total. The Morgan fingerprint density at radius 1 is 1.27 bits per heavy atom. The summed E-state index contributed by atoms with van der Waals surface area (Å²) in [5.41, 5.74) is 0.159. The third kappa shape index (κ3) is 6.31. The van der Waals surface area contributed by atoms with Crippen LogP contribution in [0.2, 0.25) is 10.0 Å². The van der Waals surface area contributed by atoms with Gasteiger partial charge in [-0.25, -0.2) is 4.79 Å². The lowest BCUT2D eigenvalue weighted by molar-refractivity contribution is -0.136. The number of amides is 2. The van der Waals surface area contributed by atoms with E-state index in [2.05, 4.69) is 15.4 Å². The van der Waals surface area contributed by atoms with E-state index >= 15 is 0 Å². The molecular formula is C12H12Cl2F2N2O4. The molecule has 10 heteroatoms. The van der Waals surface area contributed by atoms with E-state index in [9.17, 15) is 18.4 Å². The SMILES string of the molecule is O=C(O)CCNC(=O)NCc1cc(Cl)cc(Cl)c1OC(F)F. The Labute approximate surface area is 134 Å². The molecule has 0 bridgehead atoms. The first-order valence-corrected chi connectivity index (χ1v) is 6.71. The number of carboxylic acids is 1. The van der Waals surface area contributed by atoms with Crippen LogP contribution in [0.25, 0.3) is 0 Å². The van der Waals surface area contributed by atoms with E-state index in [1.807, 2.05) is 0 Å². The number of carboxylic acid groups (broad SMARTS) is 1. The summed E-state index contributed by atoms with van der Waals surface area (Å²) in [4.78, 5) is 21.7. The second kappa shape index (κ2) is 8.60. The molecule has 0 heterocycles. The fourth-order valence-corrected chi connectivity index (χ4v) is 2.07. The first kappa shape index (κ1) is 18.2. The third-order valence-electron chi connectivity index (χ3n) is 2.36. The summed E-state index contributed by atoms with van der Waals surface area (Å²) in [6.07, 6.45) is -0.240. The van der Waals surface area contributed by atoms with Crippen LogP contribution in [0, 0.1) is 0 Å². The molecule has 0 aliphatic heterocycles. The first-order valence-electron chi connectivity index (χ1n) is 5.95. The minimum Gasteiger partial charge on any atom is -0.481 e. The van der Waals surface area contributed by atoms with E-state index in [-0.39, 0.29) is 40.9 Å². The minimum absolute atomic E-state index is 0.0716. The summed E-state index contributed by atoms with van der Waals surface area (Å²) in [7, 11) is 0. The van der Waals surface area contributed by atoms with Gasteiger partial charge in [0, 0.05) is 23.7 Å². The van der Waals surface area contributed by atoms with Crippen molar-refractivity contribution in [1.29, 1.82) is 0 Å². The van der Waals surface area contributed by atoms with Crippen LogP contribution in [0.3, 0.4) is 0 Å². The molecule has 22 heavy (non-hydrogen) atoms. The molecule has 1 aromatic carbocycles. The lowest BCUT2D eigenvalue weighted by atomic mass is 10.2. The summed E-state index contributed by atoms with van der Waals surface area (Å²) in [5, 5.41) is 13.1. The van der Waals surface area contributed by atoms with Crippen LogP contribution < -0.4 is 15.4 Å². The Balaban J connectivity index is 2.67. The molecule has 1 rings (SSSR count). The maximum atomic E-state index is 12.4. The van der Waals surface area contributed by atoms with Gasteiger partial charge in [0.2, 0.25) is 0 Å². The highest BCUT2D eigenvalue weighted by Gasteiger charge is 2.15. The van der Waals surface area contributed by atoms with Crippen molar-refractivity contribution in [1.82, 2.24) is 10.6 Å². The van der Waals surface area contributed by atoms with Crippen LogP contribution in [0.5, 0.6) is 5.75 Å². The molecular weight excluding hydrogens is 345 g/mol. The number of alkyl halides is 2. The number of rotatable bonds is 7. The van der Waals surface area contributed by atoms with Gasteiger partial charge in [0.25, 0.3) is 0 Å². The summed E-state index contributed by atoms with van der Waals surface area (Å²) < 4.78 is 29.0. The predicted molar refractivity (Wildman–Crippen MR) is 75.6 cm³/mol. The molecule has 122 valence electrons. The molecule has 0 aromatic heterocycles. The highest BCUT2D eigenvalue weighted by molar-refractivity contribution is 6.35. The van der Waals surface area contributed by atoms with Gasteiger partial charge in [0.1, 0.15) is 5.75 Å². The lowest BCUT2D eigenvalue weighted by Crippen LogP contribution is -2.36. The number of urea groups is 1. The third-order valence-corrected chi connectivity index (χ3v) is 2.86. The number of hydrogen-bond acceptors (Lipinski definition) is 3. The molecule has 2 amide bonds. The smallest absolute Gasteiger partial charge is 0.387 e. The number of halogens is 4. The van der Waals surface area contributed by atoms with Gasteiger partial charge >= 0.3 is 18.6 Å². The second-order valence-corrected chi connectivity index (χ2v) is 4.85. The molecule has 1 aromatic rings. The van der Waals surface area contributed by atoms with Crippen LogP contribution in [-0.2, 0) is 11.3 Å². The molecule has 0 atom stereocenters. The van der Waals surface area contributed by atoms with Gasteiger partial charge in [0.05, 0.1) is 11.4 Å². The predicted octanol–water partition coefficient (Wildman–Crippen LogP) is 2.87. The van der Waals surface area contributed by atoms with Crippen molar-refractivity contribution < 1.29 is 28.2 Å². The zero-order chi connectivity index (χ0) is 16.7. The number of nitrogens with one attached hydrogen (secondary N) is 2. The van der Waals surface area contributed by atoms with Crippen molar-refractivity contribution in [2.45, 2.75) is 19.6 Å². The summed E-state index contributed by atoms with van der Waals surface area (Å²) >= 11 is 11.5. The largest absolute Gasteiger partial charge is 0.481 e. The van der Waals surface area contributed by atoms with Crippen molar-refractivity contribution in [2.75, 3.05) is 6.54 Å². The summed E-state index contributed by atoms with van der Waals surface area (Å²) in [6.45, 7) is -3.33. The van der Waals surface area contributed by atoms with Gasteiger partial charge in [-0.3, -0.25) is 4.79 Å². The highest BCUT2D eigenvalue weighted by Crippen LogP contribution is 2.33. The van der Waals surface area contributed by atoms with Crippen molar-refractivity contribution in [2.24, 2.45) is 0 Å². The van der Waals surface area contributed by atoms with Gasteiger partial charge in [0.15, 0.2) is 0 Å². The lowest BCUT2D eigenvalue weighted by Gasteiger charge is -2.14. The van der Waals surface area contributed by atoms with Crippen molar-refractivity contribution in [3.8, 4) is 5.75 Å². The average Bonchev–Trinajstić information content (AvgIpc) is 2.39. The Morgan fingerprint density at radius 2 is 1.95 bits per heavy atom. The van der Waals surface area contributed by atoms with E-state index in [0.717, 1.165) is 0 Å². The van der Waals surface area contributed by atoms with E-state index in [1.54, 1.807) is 0 Å². The number of carbonyl (C=O) groups excluding carboxylic acids is 1. The van der Waals surface area contributed by atoms with Crippen LogP contribution in [0.15, 0.2) is 12.1 Å². The monoisotopic (exact) mass is 356 g/mol. The average molecular weight is 357 g/mol. The molecule has 0 radical (unpaired) electrons. The molecule has 0 spiro atoms. The molecule has 0 saturated heterocycles. The molecule has 0 aliphatic carbocycles. The fourth-order valence-electron chi connectivity index (χ4n) is 1.49. The summed E-state index contributed by atoms with van der Waals surface area (Å²) in [6, 6.07) is 1.89. The normalized spacial score (nSPS) is 10.4. The van der Waals surface area contributed by atoms with Gasteiger partial charge in [-0.15, -0.1) is 0 Å². The first-order chi connectivity index (χ1) is 10.3. The number of carbonyl (C=O) groups is 2. The summed E-state index contributed by atoms with van der Waals surface area (Å²) in [5.74, 6) is -1.35. The standard InChI is InChI=1S/C12H12Cl2F2N2O4/c13-7-3-6(10(8(14)4-7)22-11(15)16)5-18-12(21)17-2-1-9(19)20/h3-4,11H,1-2,5H2,(H,19,20)(H2,17,18,21). The van der Waals surface area contributed by atoms with Crippen LogP contribution >= 0.6 is 23.2 Å². The van der Waals surface area contributed by atoms with Gasteiger partial charge in [-0.2, -0.15) is 8.78 Å². The zero-order valence-electron chi connectivity index (χ0n) is 11.0. The number of ether oxygens (including phenoxy) is 1. The van der Waals surface area contributed by atoms with Gasteiger partial charge in [-0.05, 0) is 12.1 Å². The fraction of sp³-hybridized carbons (Fsp3) is 0.333. The van der Waals surface area contributed by atoms with Crippen LogP contribution in [0.1, 0.15) is 12.0 Å². The van der Waals surface area contributed by atoms with E-state index in [1.165, 1.54) is 12.1 Å². The maximum absolute atomic E-state index is 12.4. The van der Waals surface area contributed by atoms with Gasteiger partial charge < -0.3 is 20.5 Å². The number of benzene rings is 1. The molecule has 0 unspecified atom stereocenters. The maximum Gasteiger partial charge on any atom is 0.387 e. The Bertz CT molecular complexity index is 558. The Kier molecular flexibility index (Phi) is 7.13. The quantitative estimate of drug-likeness (QED) is 0.700. The van der Waals surface area contributed by atoms with Crippen molar-refractivity contribution in [3.63, 3.8) is 0 Å². The topological polar surface area (TPSA) is 87.7 Å². The molecule has 0 aliphatic rings. The molecule has 0 saturated carbocycles. The highest BCUT2D eigenvalue weighted by atomic mass is 35.5. The Hall–Kier alpha value is -1.80. The molecule has 6 nitrogen and oxygen atoms in total. The van der Waals surface area contributed by atoms with Gasteiger partial charge in [-0.1, -0.05) is 23.2 Å². The number of hydrogen-bond donors (Lipinski definition) is 3. The van der Waals surface area contributed by atoms with Crippen molar-refractivity contribution >= 4 is 35.2 Å². The van der Waals surface area contributed by atoms with E-state index < -0.39 is 18.6 Å². The van der Waals surface area contributed by atoms with Crippen molar-refractivity contribution in [3.05, 3.63) is 27.7 Å². The molecule has 0 fully saturated rings. The van der Waals surface area contributed by atoms with E-state index in [4.69, 9.17) is 28.3 Å².